The van der Waals surface area contributed by atoms with Crippen LogP contribution in [0, 0.1) is 0 Å². The van der Waals surface area contributed by atoms with Gasteiger partial charge in [-0.1, -0.05) is 0 Å². The van der Waals surface area contributed by atoms with Gasteiger partial charge in [-0.15, -0.1) is 0 Å². The summed E-state index contributed by atoms with van der Waals surface area (Å²) in [6, 6.07) is 0. The molecule has 0 saturated carbocycles. The summed E-state index contributed by atoms with van der Waals surface area (Å²) in [7, 11) is 1.59. The van der Waals surface area contributed by atoms with Crippen molar-refractivity contribution in [2.24, 2.45) is 0 Å². The predicted molar refractivity (Wildman–Crippen MR) is 50.0 cm³/mol. The molecule has 6 nitrogen and oxygen atoms in total. The second-order valence-electron chi connectivity index (χ2n) is 2.69. The Morgan fingerprint density at radius 3 is 2.64 bits per heavy atom. The number of carbonyl (C=O) groups excluding carboxylic acids is 1. The summed E-state index contributed by atoms with van der Waals surface area (Å²) in [4.78, 5) is 21.0. The lowest BCUT2D eigenvalue weighted by atomic mass is 10.4. The number of nitrogens with one attached hydrogen (secondary N) is 2. The predicted octanol–water partition coefficient (Wildman–Crippen LogP) is -1.19. The number of rotatable bonds is 8. The van der Waals surface area contributed by atoms with E-state index in [2.05, 4.69) is 10.6 Å². The minimum absolute atomic E-state index is 0.0271. The van der Waals surface area contributed by atoms with Crippen LogP contribution in [0.2, 0.25) is 0 Å². The Labute approximate surface area is 82.6 Å². The number of aliphatic carboxylic acids is 1. The third kappa shape index (κ3) is 8.95. The second kappa shape index (κ2) is 8.46. The Kier molecular flexibility index (Phi) is 7.77. The fourth-order valence-corrected chi connectivity index (χ4v) is 0.790. The average molecular weight is 204 g/mol. The lowest BCUT2D eigenvalue weighted by Crippen LogP contribution is -2.36. The Hall–Kier alpha value is -1.14. The van der Waals surface area contributed by atoms with Crippen LogP contribution in [0.1, 0.15) is 6.42 Å². The number of hydrogen-bond acceptors (Lipinski definition) is 4. The van der Waals surface area contributed by atoms with E-state index in [9.17, 15) is 9.59 Å². The number of amides is 1. The van der Waals surface area contributed by atoms with Crippen molar-refractivity contribution in [1.29, 1.82) is 0 Å². The van der Waals surface area contributed by atoms with E-state index in [1.165, 1.54) is 0 Å². The zero-order valence-electron chi connectivity index (χ0n) is 8.21. The number of hydrogen-bond donors (Lipinski definition) is 3. The Morgan fingerprint density at radius 2 is 2.07 bits per heavy atom. The molecule has 0 fully saturated rings. The monoisotopic (exact) mass is 204 g/mol. The summed E-state index contributed by atoms with van der Waals surface area (Å²) < 4.78 is 4.79. The maximum Gasteiger partial charge on any atom is 0.317 e. The normalized spacial score (nSPS) is 9.79. The number of ether oxygens (including phenoxy) is 1. The van der Waals surface area contributed by atoms with Crippen molar-refractivity contribution < 1.29 is 19.4 Å². The number of methoxy groups -OCH3 is 1. The molecule has 0 unspecified atom stereocenters. The molecule has 14 heavy (non-hydrogen) atoms. The van der Waals surface area contributed by atoms with E-state index in [0.717, 1.165) is 6.42 Å². The molecular weight excluding hydrogens is 188 g/mol. The van der Waals surface area contributed by atoms with Gasteiger partial charge in [0, 0.05) is 20.3 Å². The third-order valence-electron chi connectivity index (χ3n) is 1.41. The first-order chi connectivity index (χ1) is 6.66. The number of carboxylic acids is 1. The summed E-state index contributed by atoms with van der Waals surface area (Å²) in [5.74, 6) is -1.18. The molecule has 0 spiro atoms. The standard InChI is InChI=1S/C8H16N2O4/c1-14-4-2-3-10-7(11)5-9-6-8(12)13/h9H,2-6H2,1H3,(H,10,11)(H,12,13). The first kappa shape index (κ1) is 12.9. The highest BCUT2D eigenvalue weighted by Gasteiger charge is 2.01. The minimum Gasteiger partial charge on any atom is -0.480 e. The van der Waals surface area contributed by atoms with E-state index >= 15 is 0 Å². The van der Waals surface area contributed by atoms with E-state index in [1.54, 1.807) is 7.11 Å². The number of carboxylic acid groups (broad SMARTS) is 1. The van der Waals surface area contributed by atoms with Crippen molar-refractivity contribution >= 4 is 11.9 Å². The highest BCUT2D eigenvalue weighted by Crippen LogP contribution is 1.76. The molecule has 0 rings (SSSR count). The quantitative estimate of drug-likeness (QED) is 0.433. The smallest absolute Gasteiger partial charge is 0.317 e. The fraction of sp³-hybridized carbons (Fsp3) is 0.750. The van der Waals surface area contributed by atoms with Crippen LogP contribution >= 0.6 is 0 Å². The van der Waals surface area contributed by atoms with Gasteiger partial charge in [-0.3, -0.25) is 14.9 Å². The maximum absolute atomic E-state index is 11.0. The molecule has 0 aromatic carbocycles. The minimum atomic E-state index is -0.975. The molecule has 3 N–H and O–H groups in total. The number of carbonyl (C=O) groups is 2. The highest BCUT2D eigenvalue weighted by atomic mass is 16.5. The topological polar surface area (TPSA) is 87.7 Å². The summed E-state index contributed by atoms with van der Waals surface area (Å²) in [6.45, 7) is 0.967. The van der Waals surface area contributed by atoms with E-state index in [4.69, 9.17) is 9.84 Å². The molecule has 1 amide bonds. The van der Waals surface area contributed by atoms with Crippen LogP contribution in [0.25, 0.3) is 0 Å². The van der Waals surface area contributed by atoms with Crippen molar-refractivity contribution in [2.75, 3.05) is 33.4 Å². The molecule has 82 valence electrons. The van der Waals surface area contributed by atoms with Crippen molar-refractivity contribution in [3.63, 3.8) is 0 Å². The molecular formula is C8H16N2O4. The first-order valence-electron chi connectivity index (χ1n) is 4.35. The van der Waals surface area contributed by atoms with Crippen molar-refractivity contribution in [2.45, 2.75) is 6.42 Å². The van der Waals surface area contributed by atoms with Gasteiger partial charge in [-0.05, 0) is 6.42 Å². The van der Waals surface area contributed by atoms with Gasteiger partial charge in [0.05, 0.1) is 13.1 Å². The lowest BCUT2D eigenvalue weighted by Gasteiger charge is -2.04. The molecule has 0 aromatic heterocycles. The Balaban J connectivity index is 3.24. The molecule has 0 bridgehead atoms. The van der Waals surface area contributed by atoms with Crippen LogP contribution in [0.5, 0.6) is 0 Å². The third-order valence-corrected chi connectivity index (χ3v) is 1.41. The molecule has 6 heteroatoms. The summed E-state index contributed by atoms with van der Waals surface area (Å²) in [5, 5.41) is 13.4. The summed E-state index contributed by atoms with van der Waals surface area (Å²) in [5.41, 5.74) is 0. The average Bonchev–Trinajstić information content (AvgIpc) is 2.12. The van der Waals surface area contributed by atoms with E-state index < -0.39 is 5.97 Å². The van der Waals surface area contributed by atoms with Crippen LogP contribution in [0.15, 0.2) is 0 Å². The molecule has 0 aromatic rings. The molecule has 0 aliphatic rings. The zero-order chi connectivity index (χ0) is 10.8. The fourth-order valence-electron chi connectivity index (χ4n) is 0.790. The molecule has 0 atom stereocenters. The van der Waals surface area contributed by atoms with Gasteiger partial charge in [0.1, 0.15) is 0 Å². The molecule has 0 aliphatic heterocycles. The van der Waals surface area contributed by atoms with Gasteiger partial charge in [0.2, 0.25) is 5.91 Å². The molecule has 0 heterocycles. The van der Waals surface area contributed by atoms with E-state index in [1.807, 2.05) is 0 Å². The largest absolute Gasteiger partial charge is 0.480 e. The van der Waals surface area contributed by atoms with Gasteiger partial charge in [-0.2, -0.15) is 0 Å². The van der Waals surface area contributed by atoms with Crippen LogP contribution in [0.4, 0.5) is 0 Å². The molecule has 0 radical (unpaired) electrons. The van der Waals surface area contributed by atoms with Gasteiger partial charge in [0.15, 0.2) is 0 Å². The highest BCUT2D eigenvalue weighted by molar-refractivity contribution is 5.78. The molecule has 0 aliphatic carbocycles. The lowest BCUT2D eigenvalue weighted by molar-refractivity contribution is -0.136. The SMILES string of the molecule is COCCCNC(=O)CNCC(=O)O. The van der Waals surface area contributed by atoms with Crippen LogP contribution in [-0.2, 0) is 14.3 Å². The van der Waals surface area contributed by atoms with Gasteiger partial charge >= 0.3 is 5.97 Å². The van der Waals surface area contributed by atoms with Gasteiger partial charge < -0.3 is 15.2 Å². The Bertz CT molecular complexity index is 184. The van der Waals surface area contributed by atoms with Crippen LogP contribution in [0.3, 0.4) is 0 Å². The van der Waals surface area contributed by atoms with E-state index in [0.29, 0.717) is 13.2 Å². The first-order valence-corrected chi connectivity index (χ1v) is 4.35. The van der Waals surface area contributed by atoms with Crippen LogP contribution in [-0.4, -0.2) is 50.3 Å². The van der Waals surface area contributed by atoms with Crippen molar-refractivity contribution in [1.82, 2.24) is 10.6 Å². The maximum atomic E-state index is 11.0. The summed E-state index contributed by atoms with van der Waals surface area (Å²) >= 11 is 0. The second-order valence-corrected chi connectivity index (χ2v) is 2.69. The van der Waals surface area contributed by atoms with Gasteiger partial charge in [0.25, 0.3) is 0 Å². The summed E-state index contributed by atoms with van der Waals surface area (Å²) in [6.07, 6.45) is 0.751. The van der Waals surface area contributed by atoms with Crippen LogP contribution < -0.4 is 10.6 Å². The van der Waals surface area contributed by atoms with Gasteiger partial charge in [-0.25, -0.2) is 0 Å². The van der Waals surface area contributed by atoms with Crippen molar-refractivity contribution in [3.05, 3.63) is 0 Å². The molecule has 0 saturated heterocycles. The van der Waals surface area contributed by atoms with Crippen molar-refractivity contribution in [3.8, 4) is 0 Å². The Morgan fingerprint density at radius 1 is 1.36 bits per heavy atom. The van der Waals surface area contributed by atoms with E-state index in [-0.39, 0.29) is 19.0 Å². The zero-order valence-corrected chi connectivity index (χ0v) is 8.21.